The molecule has 0 bridgehead atoms. The molecule has 0 rings (SSSR count). The van der Waals surface area contributed by atoms with E-state index >= 15 is 0 Å². The van der Waals surface area contributed by atoms with Crippen molar-refractivity contribution in [2.45, 2.75) is 33.1 Å². The fourth-order valence-electron chi connectivity index (χ4n) is 1.01. The van der Waals surface area contributed by atoms with Gasteiger partial charge >= 0.3 is 56.6 Å². The molecule has 4 heteroatoms. The van der Waals surface area contributed by atoms with E-state index < -0.39 is 0 Å². The van der Waals surface area contributed by atoms with E-state index in [-0.39, 0.29) is 56.6 Å². The van der Waals surface area contributed by atoms with Crippen LogP contribution in [0.1, 0.15) is 33.1 Å². The first kappa shape index (κ1) is 25.4. The molecule has 0 N–H and O–H groups in total. The molecule has 0 saturated heterocycles. The van der Waals surface area contributed by atoms with Gasteiger partial charge in [-0.05, 0) is 0 Å². The number of hydrogen-bond acceptors (Lipinski definition) is 0. The third-order valence-electron chi connectivity index (χ3n) is 1.71. The van der Waals surface area contributed by atoms with Gasteiger partial charge in [-0.2, -0.15) is 19.0 Å². The van der Waals surface area contributed by atoms with Crippen LogP contribution in [-0.4, -0.2) is 13.1 Å². The van der Waals surface area contributed by atoms with Gasteiger partial charge in [0.15, 0.2) is 0 Å². The van der Waals surface area contributed by atoms with E-state index in [1.165, 1.54) is 19.3 Å². The van der Waals surface area contributed by atoms with Crippen LogP contribution in [0.3, 0.4) is 0 Å². The van der Waals surface area contributed by atoms with Crippen molar-refractivity contribution in [1.82, 2.24) is 0 Å². The van der Waals surface area contributed by atoms with Crippen LogP contribution in [0.5, 0.6) is 0 Å². The zero-order chi connectivity index (χ0) is 9.40. The minimum absolute atomic E-state index is 0. The maximum Gasteiger partial charge on any atom is 1.00 e. The van der Waals surface area contributed by atoms with Crippen LogP contribution in [-0.2, 0) is 0 Å². The monoisotopic (exact) mass is 187 g/mol. The molecular formula is C11H20Li3N. The van der Waals surface area contributed by atoms with E-state index in [0.29, 0.717) is 12.5 Å². The van der Waals surface area contributed by atoms with Crippen molar-refractivity contribution in [2.24, 2.45) is 5.92 Å². The number of hydrogen-bond donors (Lipinski definition) is 0. The molecule has 0 aromatic heterocycles. The third-order valence-corrected chi connectivity index (χ3v) is 1.71. The summed E-state index contributed by atoms with van der Waals surface area (Å²) in [6, 6.07) is 0. The second-order valence-electron chi connectivity index (χ2n) is 3.42. The molecule has 0 amide bonds. The Morgan fingerprint density at radius 3 is 2.27 bits per heavy atom. The van der Waals surface area contributed by atoms with E-state index in [1.54, 1.807) is 0 Å². The van der Waals surface area contributed by atoms with Gasteiger partial charge in [-0.15, -0.1) is 0 Å². The van der Waals surface area contributed by atoms with E-state index in [9.17, 15) is 0 Å². The summed E-state index contributed by atoms with van der Waals surface area (Å²) >= 11 is 0. The molecule has 0 aliphatic heterocycles. The molecule has 0 spiro atoms. The van der Waals surface area contributed by atoms with Crippen molar-refractivity contribution in [1.29, 1.82) is 0 Å². The summed E-state index contributed by atoms with van der Waals surface area (Å²) in [5, 5.41) is 4.30. The molecule has 0 aliphatic rings. The largest absolute Gasteiger partial charge is 1.00 e. The van der Waals surface area contributed by atoms with Gasteiger partial charge in [-0.25, -0.2) is 0 Å². The first-order valence-corrected chi connectivity index (χ1v) is 4.71. The van der Waals surface area contributed by atoms with Crippen molar-refractivity contribution in [2.75, 3.05) is 13.1 Å². The fourth-order valence-corrected chi connectivity index (χ4v) is 1.01. The van der Waals surface area contributed by atoms with Crippen LogP contribution < -0.4 is 56.6 Å². The van der Waals surface area contributed by atoms with Crippen molar-refractivity contribution in [3.8, 4) is 0 Å². The smallest absolute Gasteiger partial charge is 0.663 e. The van der Waals surface area contributed by atoms with E-state index in [1.807, 2.05) is 6.92 Å². The Labute approximate surface area is 132 Å². The Morgan fingerprint density at radius 2 is 1.87 bits per heavy atom. The van der Waals surface area contributed by atoms with Gasteiger partial charge in [-0.3, -0.25) is 5.57 Å². The number of rotatable bonds is 7. The molecular weight excluding hydrogens is 167 g/mol. The molecule has 72 valence electrons. The van der Waals surface area contributed by atoms with Gasteiger partial charge in [0.2, 0.25) is 0 Å². The molecule has 1 unspecified atom stereocenters. The first-order chi connectivity index (χ1) is 5.66. The average molecular weight is 187 g/mol. The Balaban J connectivity index is -0.000000202. The topological polar surface area (TPSA) is 14.1 Å². The van der Waals surface area contributed by atoms with Gasteiger partial charge < -0.3 is 18.8 Å². The second-order valence-corrected chi connectivity index (χ2v) is 3.42. The summed E-state index contributed by atoms with van der Waals surface area (Å²) in [7, 11) is 0. The molecule has 0 aromatic rings. The number of nitrogens with zero attached hydrogens (tertiary/aromatic N) is 1. The Bertz CT molecular complexity index is 129. The average Bonchev–Trinajstić information content (AvgIpc) is 2.00. The predicted molar refractivity (Wildman–Crippen MR) is 55.0 cm³/mol. The molecule has 0 saturated carbocycles. The van der Waals surface area contributed by atoms with Crippen molar-refractivity contribution >= 4 is 0 Å². The number of unbranched alkanes of at least 4 members (excludes halogenated alkanes) is 1. The maximum absolute atomic E-state index is 5.48. The third kappa shape index (κ3) is 21.4. The first-order valence-electron chi connectivity index (χ1n) is 4.71. The summed E-state index contributed by atoms with van der Waals surface area (Å²) in [6.07, 6.45) is 3.69. The van der Waals surface area contributed by atoms with Crippen molar-refractivity contribution < 1.29 is 56.6 Å². The summed E-state index contributed by atoms with van der Waals surface area (Å²) in [5.41, 5.74) is 0.887. The van der Waals surface area contributed by atoms with E-state index in [4.69, 9.17) is 6.58 Å². The molecule has 1 atom stereocenters. The summed E-state index contributed by atoms with van der Waals surface area (Å²) in [6.45, 7) is 15.2. The quantitative estimate of drug-likeness (QED) is 0.279. The fraction of sp³-hybridized carbons (Fsp3) is 0.727. The molecule has 0 heterocycles. The zero-order valence-electron chi connectivity index (χ0n) is 11.3. The van der Waals surface area contributed by atoms with Crippen LogP contribution in [0.25, 0.3) is 5.32 Å². The van der Waals surface area contributed by atoms with Crippen molar-refractivity contribution in [3.63, 3.8) is 0 Å². The van der Waals surface area contributed by atoms with E-state index in [0.717, 1.165) is 12.1 Å². The Hall–Kier alpha value is 1.49. The normalized spacial score (nSPS) is 10.3. The van der Waals surface area contributed by atoms with Crippen LogP contribution in [0, 0.1) is 19.4 Å². The van der Waals surface area contributed by atoms with Crippen LogP contribution in [0.4, 0.5) is 0 Å². The van der Waals surface area contributed by atoms with Gasteiger partial charge in [0, 0.05) is 0 Å². The maximum atomic E-state index is 5.48. The molecule has 0 radical (unpaired) electrons. The molecule has 0 fully saturated rings. The summed E-state index contributed by atoms with van der Waals surface area (Å²) < 4.78 is 0. The second kappa shape index (κ2) is 17.9. The van der Waals surface area contributed by atoms with Gasteiger partial charge in [0.1, 0.15) is 0 Å². The minimum atomic E-state index is 0. The van der Waals surface area contributed by atoms with Crippen LogP contribution in [0.15, 0.2) is 5.57 Å². The van der Waals surface area contributed by atoms with Gasteiger partial charge in [0.25, 0.3) is 0 Å². The Morgan fingerprint density at radius 1 is 1.33 bits per heavy atom. The summed E-state index contributed by atoms with van der Waals surface area (Å²) in [5.74, 6) is 0.476. The molecule has 1 nitrogen and oxygen atoms in total. The van der Waals surface area contributed by atoms with Crippen LogP contribution in [0.2, 0.25) is 0 Å². The Kier molecular flexibility index (Phi) is 30.2. The van der Waals surface area contributed by atoms with Gasteiger partial charge in [0.05, 0.1) is 0 Å². The standard InChI is InChI=1S/C11H20N.3Li/c1-5-6-7-11(4)9-12-8-10(2)3;;;/h2,11H,4-9H2,1,3H3;;;/q-3;3*+1. The van der Waals surface area contributed by atoms with Crippen molar-refractivity contribution in [3.05, 3.63) is 24.4 Å². The SMILES string of the molecule is [CH-]=C(C)C[N-]CC([CH2-])CCCC.[Li+].[Li+].[Li+]. The summed E-state index contributed by atoms with van der Waals surface area (Å²) in [4.78, 5) is 0. The molecule has 15 heavy (non-hydrogen) atoms. The molecule has 0 aliphatic carbocycles. The van der Waals surface area contributed by atoms with Crippen LogP contribution >= 0.6 is 0 Å². The zero-order valence-corrected chi connectivity index (χ0v) is 11.3. The predicted octanol–water partition coefficient (Wildman–Crippen LogP) is -5.61. The minimum Gasteiger partial charge on any atom is -0.663 e. The van der Waals surface area contributed by atoms with E-state index in [2.05, 4.69) is 19.2 Å². The van der Waals surface area contributed by atoms with Gasteiger partial charge in [-0.1, -0.05) is 33.1 Å². The molecule has 0 aromatic carbocycles.